The van der Waals surface area contributed by atoms with Crippen molar-refractivity contribution in [3.05, 3.63) is 28.2 Å². The summed E-state index contributed by atoms with van der Waals surface area (Å²) in [6, 6.07) is 6.75. The molecule has 0 aliphatic heterocycles. The van der Waals surface area contributed by atoms with Crippen LogP contribution >= 0.6 is 27.7 Å². The van der Waals surface area contributed by atoms with Gasteiger partial charge in [0.05, 0.1) is 6.07 Å². The van der Waals surface area contributed by atoms with Crippen LogP contribution in [0.3, 0.4) is 0 Å². The first-order chi connectivity index (χ1) is 7.44. The van der Waals surface area contributed by atoms with E-state index in [9.17, 15) is 13.2 Å². The Morgan fingerprint density at radius 2 is 2.06 bits per heavy atom. The van der Waals surface area contributed by atoms with E-state index in [4.69, 9.17) is 5.26 Å². The van der Waals surface area contributed by atoms with E-state index in [2.05, 4.69) is 15.9 Å². The highest BCUT2D eigenvalue weighted by atomic mass is 79.9. The molecule has 86 valence electrons. The van der Waals surface area contributed by atoms with Gasteiger partial charge >= 0.3 is 5.51 Å². The Morgan fingerprint density at radius 3 is 2.62 bits per heavy atom. The molecule has 16 heavy (non-hydrogen) atoms. The van der Waals surface area contributed by atoms with Crippen LogP contribution in [0.4, 0.5) is 13.2 Å². The van der Waals surface area contributed by atoms with Gasteiger partial charge < -0.3 is 0 Å². The van der Waals surface area contributed by atoms with E-state index < -0.39 is 5.51 Å². The zero-order valence-electron chi connectivity index (χ0n) is 8.01. The number of nitriles is 1. The number of alkyl halides is 3. The fourth-order valence-corrected chi connectivity index (χ4v) is 2.52. The molecule has 0 atom stereocenters. The van der Waals surface area contributed by atoms with Crippen molar-refractivity contribution in [3.8, 4) is 6.07 Å². The molecule has 1 rings (SSSR count). The van der Waals surface area contributed by atoms with Crippen molar-refractivity contribution in [2.45, 2.75) is 23.2 Å². The fraction of sp³-hybridized carbons (Fsp3) is 0.300. The average molecular weight is 310 g/mol. The lowest BCUT2D eigenvalue weighted by molar-refractivity contribution is -0.0328. The topological polar surface area (TPSA) is 23.8 Å². The maximum absolute atomic E-state index is 12.3. The summed E-state index contributed by atoms with van der Waals surface area (Å²) in [6.45, 7) is 0. The molecule has 0 aromatic heterocycles. The van der Waals surface area contributed by atoms with Gasteiger partial charge in [-0.05, 0) is 45.7 Å². The average Bonchev–Trinajstić information content (AvgIpc) is 2.17. The second-order valence-electron chi connectivity index (χ2n) is 2.93. The van der Waals surface area contributed by atoms with Crippen LogP contribution in [0.25, 0.3) is 0 Å². The van der Waals surface area contributed by atoms with Crippen LogP contribution in [0.5, 0.6) is 0 Å². The van der Waals surface area contributed by atoms with Crippen molar-refractivity contribution in [1.82, 2.24) is 0 Å². The van der Waals surface area contributed by atoms with Gasteiger partial charge in [-0.25, -0.2) is 0 Å². The Morgan fingerprint density at radius 1 is 1.38 bits per heavy atom. The molecule has 0 bridgehead atoms. The number of thioether (sulfide) groups is 1. The van der Waals surface area contributed by atoms with Gasteiger partial charge in [-0.1, -0.05) is 12.1 Å². The largest absolute Gasteiger partial charge is 0.446 e. The summed E-state index contributed by atoms with van der Waals surface area (Å²) in [6.07, 6.45) is 0.538. The van der Waals surface area contributed by atoms with Gasteiger partial charge in [0.2, 0.25) is 0 Å². The maximum Gasteiger partial charge on any atom is 0.446 e. The quantitative estimate of drug-likeness (QED) is 0.767. The second kappa shape index (κ2) is 5.60. The molecular formula is C10H7BrF3NS. The third kappa shape index (κ3) is 4.06. The highest BCUT2D eigenvalue weighted by molar-refractivity contribution is 9.10. The van der Waals surface area contributed by atoms with Crippen LogP contribution < -0.4 is 0 Å². The zero-order valence-corrected chi connectivity index (χ0v) is 10.4. The molecule has 0 radical (unpaired) electrons. The molecule has 0 amide bonds. The molecule has 1 nitrogen and oxygen atoms in total. The van der Waals surface area contributed by atoms with E-state index in [1.54, 1.807) is 18.2 Å². The lowest BCUT2D eigenvalue weighted by Crippen LogP contribution is -2.01. The van der Waals surface area contributed by atoms with E-state index in [0.29, 0.717) is 16.5 Å². The molecule has 0 aliphatic carbocycles. The zero-order chi connectivity index (χ0) is 12.2. The fourth-order valence-electron chi connectivity index (χ4n) is 1.17. The number of nitrogens with zero attached hydrogens (tertiary/aromatic N) is 1. The first-order valence-corrected chi connectivity index (χ1v) is 5.95. The summed E-state index contributed by atoms with van der Waals surface area (Å²) in [7, 11) is 0. The summed E-state index contributed by atoms with van der Waals surface area (Å²) in [5.74, 6) is 0. The van der Waals surface area contributed by atoms with Crippen LogP contribution in [0.2, 0.25) is 0 Å². The van der Waals surface area contributed by atoms with Gasteiger partial charge in [0.1, 0.15) is 0 Å². The first kappa shape index (κ1) is 13.4. The number of rotatable bonds is 3. The van der Waals surface area contributed by atoms with Gasteiger partial charge in [-0.2, -0.15) is 18.4 Å². The summed E-state index contributed by atoms with van der Waals surface area (Å²) < 4.78 is 37.3. The molecule has 0 fully saturated rings. The molecule has 6 heteroatoms. The van der Waals surface area contributed by atoms with Crippen LogP contribution in [-0.2, 0) is 6.42 Å². The summed E-state index contributed by atoms with van der Waals surface area (Å²) in [4.78, 5) is 0.144. The highest BCUT2D eigenvalue weighted by Crippen LogP contribution is 2.42. The Bertz CT molecular complexity index is 412. The van der Waals surface area contributed by atoms with Gasteiger partial charge in [0.25, 0.3) is 0 Å². The summed E-state index contributed by atoms with van der Waals surface area (Å²) >= 11 is 2.94. The Kier molecular flexibility index (Phi) is 4.69. The highest BCUT2D eigenvalue weighted by Gasteiger charge is 2.31. The number of hydrogen-bond acceptors (Lipinski definition) is 2. The van der Waals surface area contributed by atoms with Gasteiger partial charge in [-0.15, -0.1) is 0 Å². The van der Waals surface area contributed by atoms with Gasteiger partial charge in [-0.3, -0.25) is 0 Å². The third-order valence-corrected chi connectivity index (χ3v) is 3.61. The van der Waals surface area contributed by atoms with Gasteiger partial charge in [0, 0.05) is 15.8 Å². The Labute approximate surface area is 104 Å². The SMILES string of the molecule is N#CCCc1cccc(Br)c1SC(F)(F)F. The van der Waals surface area contributed by atoms with E-state index in [-0.39, 0.29) is 23.1 Å². The predicted molar refractivity (Wildman–Crippen MR) is 60.0 cm³/mol. The molecule has 0 spiro atoms. The monoisotopic (exact) mass is 309 g/mol. The summed E-state index contributed by atoms with van der Waals surface area (Å²) in [5.41, 5.74) is -3.77. The van der Waals surface area contributed by atoms with Crippen LogP contribution in [-0.4, -0.2) is 5.51 Å². The predicted octanol–water partition coefficient (Wildman–Crippen LogP) is 4.52. The summed E-state index contributed by atoms with van der Waals surface area (Å²) in [5, 5.41) is 8.43. The number of aryl methyl sites for hydroxylation is 1. The number of benzene rings is 1. The molecule has 0 heterocycles. The Balaban J connectivity index is 3.00. The van der Waals surface area contributed by atoms with Crippen molar-refractivity contribution in [3.63, 3.8) is 0 Å². The minimum absolute atomic E-state index is 0.144. The smallest absolute Gasteiger partial charge is 0.198 e. The minimum atomic E-state index is -4.31. The Hall–Kier alpha value is -0.670. The van der Waals surface area contributed by atoms with Crippen molar-refractivity contribution < 1.29 is 13.2 Å². The molecule has 0 N–H and O–H groups in total. The molecule has 0 aliphatic rings. The molecule has 1 aromatic carbocycles. The molecule has 0 saturated carbocycles. The lowest BCUT2D eigenvalue weighted by atomic mass is 10.1. The number of hydrogen-bond donors (Lipinski definition) is 0. The first-order valence-electron chi connectivity index (χ1n) is 4.34. The van der Waals surface area contributed by atoms with E-state index >= 15 is 0 Å². The van der Waals surface area contributed by atoms with E-state index in [1.165, 1.54) is 0 Å². The molecule has 0 saturated heterocycles. The van der Waals surface area contributed by atoms with Crippen LogP contribution in [0.1, 0.15) is 12.0 Å². The van der Waals surface area contributed by atoms with Crippen LogP contribution in [0.15, 0.2) is 27.6 Å². The maximum atomic E-state index is 12.3. The van der Waals surface area contributed by atoms with Crippen molar-refractivity contribution in [1.29, 1.82) is 5.26 Å². The van der Waals surface area contributed by atoms with E-state index in [1.807, 2.05) is 6.07 Å². The van der Waals surface area contributed by atoms with Gasteiger partial charge in [0.15, 0.2) is 0 Å². The lowest BCUT2D eigenvalue weighted by Gasteiger charge is -2.11. The molecular weight excluding hydrogens is 303 g/mol. The normalized spacial score (nSPS) is 11.2. The number of halogens is 4. The molecule has 0 unspecified atom stereocenters. The molecule has 1 aromatic rings. The standard InChI is InChI=1S/C10H7BrF3NS/c11-8-5-1-3-7(4-2-6-15)9(8)16-10(12,13)14/h1,3,5H,2,4H2. The van der Waals surface area contributed by atoms with Crippen molar-refractivity contribution in [2.75, 3.05) is 0 Å². The van der Waals surface area contributed by atoms with Crippen molar-refractivity contribution >= 4 is 27.7 Å². The van der Waals surface area contributed by atoms with Crippen molar-refractivity contribution in [2.24, 2.45) is 0 Å². The second-order valence-corrected chi connectivity index (χ2v) is 4.86. The third-order valence-electron chi connectivity index (χ3n) is 1.77. The van der Waals surface area contributed by atoms with Crippen LogP contribution in [0, 0.1) is 11.3 Å². The minimum Gasteiger partial charge on any atom is -0.198 e. The van der Waals surface area contributed by atoms with E-state index in [0.717, 1.165) is 0 Å².